The van der Waals surface area contributed by atoms with Crippen molar-refractivity contribution in [3.63, 3.8) is 0 Å². The standard InChI is InChI=1S/C13H12ClN3O2/c1-19-9-3-4-11(15)10(6-9)13(18)17-12-5-2-8(14)7-16-12/h2-7H,15H2,1H3,(H,16,17,18). The van der Waals surface area contributed by atoms with E-state index in [1.807, 2.05) is 0 Å². The number of amides is 1. The van der Waals surface area contributed by atoms with E-state index in [1.165, 1.54) is 13.3 Å². The molecule has 0 unspecified atom stereocenters. The molecule has 6 heteroatoms. The van der Waals surface area contributed by atoms with E-state index in [9.17, 15) is 4.79 Å². The number of hydrogen-bond acceptors (Lipinski definition) is 4. The van der Waals surface area contributed by atoms with Gasteiger partial charge < -0.3 is 15.8 Å². The van der Waals surface area contributed by atoms with E-state index in [1.54, 1.807) is 30.3 Å². The summed E-state index contributed by atoms with van der Waals surface area (Å²) in [5.74, 6) is 0.603. The van der Waals surface area contributed by atoms with Gasteiger partial charge in [-0.25, -0.2) is 4.98 Å². The smallest absolute Gasteiger partial charge is 0.259 e. The van der Waals surface area contributed by atoms with E-state index in [-0.39, 0.29) is 5.91 Å². The van der Waals surface area contributed by atoms with Crippen molar-refractivity contribution in [3.05, 3.63) is 47.1 Å². The number of benzene rings is 1. The zero-order valence-electron chi connectivity index (χ0n) is 10.2. The molecule has 0 atom stereocenters. The van der Waals surface area contributed by atoms with Gasteiger partial charge in [0.1, 0.15) is 11.6 Å². The Morgan fingerprint density at radius 2 is 2.16 bits per heavy atom. The highest BCUT2D eigenvalue weighted by Crippen LogP contribution is 2.20. The molecule has 1 heterocycles. The zero-order valence-corrected chi connectivity index (χ0v) is 10.9. The van der Waals surface area contributed by atoms with Gasteiger partial charge in [-0.2, -0.15) is 0 Å². The third-order valence-electron chi connectivity index (χ3n) is 2.47. The van der Waals surface area contributed by atoms with Gasteiger partial charge in [0.15, 0.2) is 0 Å². The number of hydrogen-bond donors (Lipinski definition) is 2. The molecule has 3 N–H and O–H groups in total. The van der Waals surface area contributed by atoms with Gasteiger partial charge in [0.2, 0.25) is 0 Å². The number of anilines is 2. The van der Waals surface area contributed by atoms with E-state index in [0.717, 1.165) is 0 Å². The lowest BCUT2D eigenvalue weighted by atomic mass is 10.1. The van der Waals surface area contributed by atoms with Gasteiger partial charge in [-0.1, -0.05) is 11.6 Å². The highest BCUT2D eigenvalue weighted by Gasteiger charge is 2.11. The molecule has 0 radical (unpaired) electrons. The Balaban J connectivity index is 2.22. The predicted molar refractivity (Wildman–Crippen MR) is 74.6 cm³/mol. The molecule has 0 aliphatic carbocycles. The minimum atomic E-state index is -0.355. The molecular formula is C13H12ClN3O2. The van der Waals surface area contributed by atoms with E-state index < -0.39 is 0 Å². The molecule has 2 rings (SSSR count). The maximum absolute atomic E-state index is 12.1. The van der Waals surface area contributed by atoms with Gasteiger partial charge in [0.25, 0.3) is 5.91 Å². The van der Waals surface area contributed by atoms with Crippen molar-refractivity contribution in [2.75, 3.05) is 18.2 Å². The average Bonchev–Trinajstić information content (AvgIpc) is 2.42. The number of ether oxygens (including phenoxy) is 1. The Kier molecular flexibility index (Phi) is 3.87. The summed E-state index contributed by atoms with van der Waals surface area (Å²) in [5, 5.41) is 3.13. The van der Waals surface area contributed by atoms with Gasteiger partial charge in [-0.3, -0.25) is 4.79 Å². The Bertz CT molecular complexity index is 599. The first-order chi connectivity index (χ1) is 9.10. The summed E-state index contributed by atoms with van der Waals surface area (Å²) in [5.41, 5.74) is 6.46. The van der Waals surface area contributed by atoms with E-state index >= 15 is 0 Å². The molecule has 0 saturated heterocycles. The molecule has 0 aliphatic heterocycles. The third kappa shape index (κ3) is 3.14. The van der Waals surface area contributed by atoms with Gasteiger partial charge >= 0.3 is 0 Å². The molecule has 0 spiro atoms. The van der Waals surface area contributed by atoms with Gasteiger partial charge in [-0.15, -0.1) is 0 Å². The SMILES string of the molecule is COc1ccc(N)c(C(=O)Nc2ccc(Cl)cn2)c1. The lowest BCUT2D eigenvalue weighted by molar-refractivity contribution is 0.102. The van der Waals surface area contributed by atoms with Crippen molar-refractivity contribution in [1.82, 2.24) is 4.98 Å². The number of pyridine rings is 1. The summed E-state index contributed by atoms with van der Waals surface area (Å²) >= 11 is 5.72. The predicted octanol–water partition coefficient (Wildman–Crippen LogP) is 2.58. The van der Waals surface area contributed by atoms with Crippen LogP contribution in [0.15, 0.2) is 36.5 Å². The van der Waals surface area contributed by atoms with Crippen LogP contribution in [0.5, 0.6) is 5.75 Å². The number of halogens is 1. The quantitative estimate of drug-likeness (QED) is 0.846. The topological polar surface area (TPSA) is 77.2 Å². The van der Waals surface area contributed by atoms with E-state index in [4.69, 9.17) is 22.1 Å². The van der Waals surface area contributed by atoms with Crippen molar-refractivity contribution in [2.24, 2.45) is 0 Å². The molecule has 0 aliphatic rings. The van der Waals surface area contributed by atoms with Crippen LogP contribution in [-0.4, -0.2) is 18.0 Å². The molecule has 0 saturated carbocycles. The summed E-state index contributed by atoms with van der Waals surface area (Å²) in [7, 11) is 1.52. The minimum absolute atomic E-state index is 0.330. The number of methoxy groups -OCH3 is 1. The van der Waals surface area contributed by atoms with Crippen LogP contribution >= 0.6 is 11.6 Å². The monoisotopic (exact) mass is 277 g/mol. The lowest BCUT2D eigenvalue weighted by Gasteiger charge is -2.08. The van der Waals surface area contributed by atoms with Crippen LogP contribution in [-0.2, 0) is 0 Å². The summed E-state index contributed by atoms with van der Waals surface area (Å²) < 4.78 is 5.06. The number of nitrogen functional groups attached to an aromatic ring is 1. The molecule has 19 heavy (non-hydrogen) atoms. The summed E-state index contributed by atoms with van der Waals surface area (Å²) in [4.78, 5) is 16.0. The van der Waals surface area contributed by atoms with E-state index in [2.05, 4.69) is 10.3 Å². The fourth-order valence-corrected chi connectivity index (χ4v) is 1.60. The van der Waals surface area contributed by atoms with Crippen LogP contribution in [0.1, 0.15) is 10.4 Å². The fourth-order valence-electron chi connectivity index (χ4n) is 1.49. The van der Waals surface area contributed by atoms with Gasteiger partial charge in [0, 0.05) is 11.9 Å². The largest absolute Gasteiger partial charge is 0.497 e. The molecule has 1 amide bonds. The second-order valence-corrected chi connectivity index (χ2v) is 4.21. The molecule has 1 aromatic carbocycles. The zero-order chi connectivity index (χ0) is 13.8. The first-order valence-electron chi connectivity index (χ1n) is 5.46. The van der Waals surface area contributed by atoms with Gasteiger partial charge in [-0.05, 0) is 30.3 Å². The molecule has 5 nitrogen and oxygen atoms in total. The number of carbonyl (C=O) groups excluding carboxylic acids is 1. The molecule has 0 bridgehead atoms. The summed E-state index contributed by atoms with van der Waals surface area (Å²) in [6.45, 7) is 0. The van der Waals surface area contributed by atoms with Crippen molar-refractivity contribution >= 4 is 29.0 Å². The summed E-state index contributed by atoms with van der Waals surface area (Å²) in [6, 6.07) is 8.12. The number of nitrogens with two attached hydrogens (primary N) is 1. The number of rotatable bonds is 3. The number of nitrogens with zero attached hydrogens (tertiary/aromatic N) is 1. The van der Waals surface area contributed by atoms with Crippen molar-refractivity contribution in [1.29, 1.82) is 0 Å². The highest BCUT2D eigenvalue weighted by atomic mass is 35.5. The first-order valence-corrected chi connectivity index (χ1v) is 5.84. The average molecular weight is 278 g/mol. The van der Waals surface area contributed by atoms with Crippen LogP contribution in [0, 0.1) is 0 Å². The van der Waals surface area contributed by atoms with Gasteiger partial charge in [0.05, 0.1) is 17.7 Å². The lowest BCUT2D eigenvalue weighted by Crippen LogP contribution is -2.15. The van der Waals surface area contributed by atoms with Crippen LogP contribution in [0.3, 0.4) is 0 Å². The van der Waals surface area contributed by atoms with Crippen LogP contribution in [0.4, 0.5) is 11.5 Å². The molecule has 0 fully saturated rings. The minimum Gasteiger partial charge on any atom is -0.497 e. The second-order valence-electron chi connectivity index (χ2n) is 3.77. The highest BCUT2D eigenvalue weighted by molar-refractivity contribution is 6.30. The number of nitrogens with one attached hydrogen (secondary N) is 1. The Morgan fingerprint density at radius 3 is 2.79 bits per heavy atom. The normalized spacial score (nSPS) is 10.0. The Labute approximate surface area is 115 Å². The van der Waals surface area contributed by atoms with E-state index in [0.29, 0.717) is 27.8 Å². The Hall–Kier alpha value is -2.27. The molecule has 98 valence electrons. The Morgan fingerprint density at radius 1 is 1.37 bits per heavy atom. The molecule has 1 aromatic heterocycles. The number of aromatic nitrogens is 1. The number of carbonyl (C=O) groups is 1. The molecule has 2 aromatic rings. The van der Waals surface area contributed by atoms with Crippen molar-refractivity contribution in [2.45, 2.75) is 0 Å². The second kappa shape index (κ2) is 5.58. The molecular weight excluding hydrogens is 266 g/mol. The maximum Gasteiger partial charge on any atom is 0.259 e. The first kappa shape index (κ1) is 13.2. The maximum atomic E-state index is 12.1. The summed E-state index contributed by atoms with van der Waals surface area (Å²) in [6.07, 6.45) is 1.45. The fraction of sp³-hybridized carbons (Fsp3) is 0.0769. The van der Waals surface area contributed by atoms with Crippen molar-refractivity contribution < 1.29 is 9.53 Å². The van der Waals surface area contributed by atoms with Crippen LogP contribution < -0.4 is 15.8 Å². The third-order valence-corrected chi connectivity index (χ3v) is 2.70. The van der Waals surface area contributed by atoms with Crippen molar-refractivity contribution in [3.8, 4) is 5.75 Å². The van der Waals surface area contributed by atoms with Crippen LogP contribution in [0.25, 0.3) is 0 Å². The van der Waals surface area contributed by atoms with Crippen LogP contribution in [0.2, 0.25) is 5.02 Å².